The van der Waals surface area contributed by atoms with E-state index in [0.717, 1.165) is 0 Å². The number of carbonyl (C=O) groups excluding carboxylic acids is 2. The maximum Gasteiger partial charge on any atom is 0.255 e. The molecule has 6 heteroatoms. The lowest BCUT2D eigenvalue weighted by Gasteiger charge is -2.09. The molecule has 0 radical (unpaired) electrons. The third-order valence-electron chi connectivity index (χ3n) is 3.93. The molecule has 0 fully saturated rings. The summed E-state index contributed by atoms with van der Waals surface area (Å²) in [7, 11) is 0. The number of carbonyl (C=O) groups is 2. The van der Waals surface area contributed by atoms with Gasteiger partial charge in [-0.05, 0) is 66.7 Å². The minimum atomic E-state index is -0.319. The highest BCUT2D eigenvalue weighted by Gasteiger charge is 2.09. The Morgan fingerprint density at radius 1 is 0.643 bits per heavy atom. The molecule has 0 aliphatic carbocycles. The molecule has 0 aliphatic rings. The molecule has 0 bridgehead atoms. The van der Waals surface area contributed by atoms with Gasteiger partial charge in [0, 0.05) is 22.5 Å². The van der Waals surface area contributed by atoms with Crippen molar-refractivity contribution in [1.82, 2.24) is 0 Å². The Bertz CT molecular complexity index is 1020. The van der Waals surface area contributed by atoms with Crippen LogP contribution in [-0.4, -0.2) is 11.8 Å². The van der Waals surface area contributed by atoms with Crippen LogP contribution in [0.3, 0.4) is 0 Å². The standard InChI is InChI=1S/C22H14N4O2/c23-13-15-4-8-17(9-5-15)21(27)25-19-2-1-3-20(12-19)26-22(28)18-10-6-16(14-24)7-11-18/h1-12H,(H,25,27)(H,26,28). The normalized spacial score (nSPS) is 9.64. The molecule has 3 aromatic carbocycles. The average molecular weight is 366 g/mol. The monoisotopic (exact) mass is 366 g/mol. The lowest BCUT2D eigenvalue weighted by atomic mass is 10.1. The number of nitrogens with one attached hydrogen (secondary N) is 2. The second-order valence-electron chi connectivity index (χ2n) is 5.87. The fourth-order valence-corrected chi connectivity index (χ4v) is 2.47. The van der Waals surface area contributed by atoms with Gasteiger partial charge in [-0.15, -0.1) is 0 Å². The molecule has 3 rings (SSSR count). The third-order valence-corrected chi connectivity index (χ3v) is 3.93. The molecule has 0 atom stereocenters. The first-order chi connectivity index (χ1) is 13.6. The first-order valence-corrected chi connectivity index (χ1v) is 8.32. The van der Waals surface area contributed by atoms with Crippen molar-refractivity contribution in [2.75, 3.05) is 10.6 Å². The van der Waals surface area contributed by atoms with E-state index in [4.69, 9.17) is 10.5 Å². The van der Waals surface area contributed by atoms with Crippen LogP contribution < -0.4 is 10.6 Å². The Labute approximate surface area is 161 Å². The molecule has 0 saturated heterocycles. The summed E-state index contributed by atoms with van der Waals surface area (Å²) in [4.78, 5) is 24.6. The number of nitriles is 2. The van der Waals surface area contributed by atoms with Crippen molar-refractivity contribution in [2.45, 2.75) is 0 Å². The van der Waals surface area contributed by atoms with E-state index < -0.39 is 0 Å². The summed E-state index contributed by atoms with van der Waals surface area (Å²) in [5.74, 6) is -0.639. The van der Waals surface area contributed by atoms with E-state index in [0.29, 0.717) is 33.6 Å². The summed E-state index contributed by atoms with van der Waals surface area (Å²) in [6.07, 6.45) is 0. The molecule has 0 aliphatic heterocycles. The van der Waals surface area contributed by atoms with E-state index in [9.17, 15) is 9.59 Å². The SMILES string of the molecule is N#Cc1ccc(C(=O)Nc2cccc(NC(=O)c3ccc(C#N)cc3)c2)cc1. The Balaban J connectivity index is 1.69. The quantitative estimate of drug-likeness (QED) is 0.729. The third kappa shape index (κ3) is 4.40. The van der Waals surface area contributed by atoms with Gasteiger partial charge in [-0.3, -0.25) is 9.59 Å². The summed E-state index contributed by atoms with van der Waals surface area (Å²) in [6.45, 7) is 0. The fourth-order valence-electron chi connectivity index (χ4n) is 2.47. The van der Waals surface area contributed by atoms with E-state index in [2.05, 4.69) is 10.6 Å². The summed E-state index contributed by atoms with van der Waals surface area (Å²) < 4.78 is 0. The van der Waals surface area contributed by atoms with Crippen LogP contribution in [0.2, 0.25) is 0 Å². The van der Waals surface area contributed by atoms with Crippen LogP contribution in [-0.2, 0) is 0 Å². The number of hydrogen-bond acceptors (Lipinski definition) is 4. The maximum atomic E-state index is 12.3. The molecule has 134 valence electrons. The van der Waals surface area contributed by atoms with Crippen LogP contribution in [0.5, 0.6) is 0 Å². The highest BCUT2D eigenvalue weighted by molar-refractivity contribution is 6.06. The summed E-state index contributed by atoms with van der Waals surface area (Å²) in [6, 6.07) is 23.4. The van der Waals surface area contributed by atoms with Crippen molar-refractivity contribution in [3.63, 3.8) is 0 Å². The molecular formula is C22H14N4O2. The van der Waals surface area contributed by atoms with E-state index in [1.807, 2.05) is 12.1 Å². The van der Waals surface area contributed by atoms with Crippen LogP contribution in [0, 0.1) is 22.7 Å². The molecule has 0 spiro atoms. The van der Waals surface area contributed by atoms with E-state index in [1.54, 1.807) is 72.8 Å². The van der Waals surface area contributed by atoms with Gasteiger partial charge < -0.3 is 10.6 Å². The van der Waals surface area contributed by atoms with Gasteiger partial charge in [-0.25, -0.2) is 0 Å². The number of rotatable bonds is 4. The topological polar surface area (TPSA) is 106 Å². The van der Waals surface area contributed by atoms with Crippen molar-refractivity contribution in [3.05, 3.63) is 95.1 Å². The number of anilines is 2. The van der Waals surface area contributed by atoms with Crippen molar-refractivity contribution >= 4 is 23.2 Å². The highest BCUT2D eigenvalue weighted by atomic mass is 16.2. The second-order valence-corrected chi connectivity index (χ2v) is 5.87. The van der Waals surface area contributed by atoms with Gasteiger partial charge in [0.05, 0.1) is 23.3 Å². The van der Waals surface area contributed by atoms with E-state index in [-0.39, 0.29) is 11.8 Å². The van der Waals surface area contributed by atoms with Gasteiger partial charge in [0.25, 0.3) is 11.8 Å². The number of benzene rings is 3. The van der Waals surface area contributed by atoms with Crippen LogP contribution in [0.25, 0.3) is 0 Å². The lowest BCUT2D eigenvalue weighted by molar-refractivity contribution is 0.101. The molecule has 2 amide bonds. The molecule has 28 heavy (non-hydrogen) atoms. The Morgan fingerprint density at radius 3 is 1.39 bits per heavy atom. The smallest absolute Gasteiger partial charge is 0.255 e. The number of nitrogens with zero attached hydrogens (tertiary/aromatic N) is 2. The molecule has 0 saturated carbocycles. The second kappa shape index (κ2) is 8.31. The summed E-state index contributed by atoms with van der Waals surface area (Å²) >= 11 is 0. The fraction of sp³-hybridized carbons (Fsp3) is 0. The zero-order chi connectivity index (χ0) is 19.9. The predicted molar refractivity (Wildman–Crippen MR) is 105 cm³/mol. The first kappa shape index (κ1) is 18.4. The van der Waals surface area contributed by atoms with Crippen LogP contribution in [0.15, 0.2) is 72.8 Å². The van der Waals surface area contributed by atoms with Gasteiger partial charge in [0.15, 0.2) is 0 Å². The Hall–Kier alpha value is -4.42. The Morgan fingerprint density at radius 2 is 1.04 bits per heavy atom. The van der Waals surface area contributed by atoms with Crippen molar-refractivity contribution < 1.29 is 9.59 Å². The highest BCUT2D eigenvalue weighted by Crippen LogP contribution is 2.17. The molecular weight excluding hydrogens is 352 g/mol. The minimum absolute atomic E-state index is 0.319. The number of amides is 2. The summed E-state index contributed by atoms with van der Waals surface area (Å²) in [5.41, 5.74) is 2.84. The zero-order valence-corrected chi connectivity index (χ0v) is 14.6. The Kier molecular flexibility index (Phi) is 5.45. The zero-order valence-electron chi connectivity index (χ0n) is 14.6. The molecule has 6 nitrogen and oxygen atoms in total. The van der Waals surface area contributed by atoms with Crippen molar-refractivity contribution in [3.8, 4) is 12.1 Å². The average Bonchev–Trinajstić information content (AvgIpc) is 2.74. The maximum absolute atomic E-state index is 12.3. The van der Waals surface area contributed by atoms with Gasteiger partial charge in [-0.2, -0.15) is 10.5 Å². The molecule has 0 heterocycles. The summed E-state index contributed by atoms with van der Waals surface area (Å²) in [5, 5.41) is 23.1. The van der Waals surface area contributed by atoms with Crippen LogP contribution in [0.1, 0.15) is 31.8 Å². The van der Waals surface area contributed by atoms with E-state index >= 15 is 0 Å². The lowest BCUT2D eigenvalue weighted by Crippen LogP contribution is -2.14. The minimum Gasteiger partial charge on any atom is -0.322 e. The molecule has 3 aromatic rings. The molecule has 0 aromatic heterocycles. The van der Waals surface area contributed by atoms with Gasteiger partial charge in [-0.1, -0.05) is 6.07 Å². The van der Waals surface area contributed by atoms with E-state index in [1.165, 1.54) is 0 Å². The predicted octanol–water partition coefficient (Wildman–Crippen LogP) is 3.93. The van der Waals surface area contributed by atoms with Gasteiger partial charge >= 0.3 is 0 Å². The van der Waals surface area contributed by atoms with Crippen molar-refractivity contribution in [1.29, 1.82) is 10.5 Å². The largest absolute Gasteiger partial charge is 0.322 e. The van der Waals surface area contributed by atoms with Gasteiger partial charge in [0.2, 0.25) is 0 Å². The van der Waals surface area contributed by atoms with Crippen molar-refractivity contribution in [2.24, 2.45) is 0 Å². The first-order valence-electron chi connectivity index (χ1n) is 8.32. The molecule has 0 unspecified atom stereocenters. The number of hydrogen-bond donors (Lipinski definition) is 2. The molecule has 2 N–H and O–H groups in total. The van der Waals surface area contributed by atoms with Gasteiger partial charge in [0.1, 0.15) is 0 Å². The van der Waals surface area contributed by atoms with Crippen LogP contribution >= 0.6 is 0 Å². The van der Waals surface area contributed by atoms with Crippen LogP contribution in [0.4, 0.5) is 11.4 Å².